The molecule has 5 nitrogen and oxygen atoms in total. The summed E-state index contributed by atoms with van der Waals surface area (Å²) >= 11 is 0. The lowest BCUT2D eigenvalue weighted by Crippen LogP contribution is -2.60. The first-order valence-electron chi connectivity index (χ1n) is 11.3. The number of morpholine rings is 1. The average molecular weight is 422 g/mol. The van der Waals surface area contributed by atoms with Crippen LogP contribution in [-0.4, -0.2) is 67.7 Å². The minimum absolute atomic E-state index is 0.0377. The van der Waals surface area contributed by atoms with E-state index < -0.39 is 17.0 Å². The van der Waals surface area contributed by atoms with Crippen LogP contribution in [0.15, 0.2) is 18.2 Å². The van der Waals surface area contributed by atoms with Crippen LogP contribution in [0.3, 0.4) is 0 Å². The normalized spacial score (nSPS) is 30.6. The predicted octanol–water partition coefficient (Wildman–Crippen LogP) is 2.79. The summed E-state index contributed by atoms with van der Waals surface area (Å²) in [4.78, 5) is 18.4. The zero-order chi connectivity index (χ0) is 21.1. The van der Waals surface area contributed by atoms with Crippen molar-refractivity contribution >= 4 is 5.91 Å². The van der Waals surface area contributed by atoms with Gasteiger partial charge in [0.25, 0.3) is 0 Å². The van der Waals surface area contributed by atoms with Gasteiger partial charge in [0.1, 0.15) is 11.6 Å². The standard InChI is InChI=1S/C23H33F2N3O2/c1-2-27-6-4-18-13-21(28-7-9-30-10-8-28)3-5-23(18,16-27)22(29)26-15-17-11-19(24)14-20(25)12-17/h11-12,14,18,21H,2-10,13,15-16H2,1H3,(H,26,29)/t18-,21+,23-/m1/s1. The lowest BCUT2D eigenvalue weighted by Gasteiger charge is -2.53. The summed E-state index contributed by atoms with van der Waals surface area (Å²) in [5.74, 6) is -0.853. The van der Waals surface area contributed by atoms with Crippen LogP contribution in [0.1, 0.15) is 38.2 Å². The van der Waals surface area contributed by atoms with Gasteiger partial charge in [0.15, 0.2) is 0 Å². The summed E-state index contributed by atoms with van der Waals surface area (Å²) in [7, 11) is 0. The highest BCUT2D eigenvalue weighted by Crippen LogP contribution is 2.47. The average Bonchev–Trinajstić information content (AvgIpc) is 2.76. The molecule has 0 bridgehead atoms. The maximum atomic E-state index is 13.5. The zero-order valence-corrected chi connectivity index (χ0v) is 17.8. The second-order valence-electron chi connectivity index (χ2n) is 9.05. The number of hydrogen-bond acceptors (Lipinski definition) is 4. The number of carbonyl (C=O) groups excluding carboxylic acids is 1. The largest absolute Gasteiger partial charge is 0.379 e. The van der Waals surface area contributed by atoms with Crippen molar-refractivity contribution in [1.29, 1.82) is 0 Å². The molecule has 1 N–H and O–H groups in total. The number of benzene rings is 1. The van der Waals surface area contributed by atoms with Crippen molar-refractivity contribution < 1.29 is 18.3 Å². The maximum Gasteiger partial charge on any atom is 0.228 e. The molecule has 2 saturated heterocycles. The van der Waals surface area contributed by atoms with Crippen LogP contribution in [-0.2, 0) is 16.1 Å². The minimum Gasteiger partial charge on any atom is -0.379 e. The Morgan fingerprint density at radius 2 is 1.90 bits per heavy atom. The van der Waals surface area contributed by atoms with E-state index in [9.17, 15) is 13.6 Å². The van der Waals surface area contributed by atoms with Crippen molar-refractivity contribution in [3.05, 3.63) is 35.4 Å². The molecule has 0 radical (unpaired) electrons. The number of ether oxygens (including phenoxy) is 1. The molecule has 166 valence electrons. The van der Waals surface area contributed by atoms with Gasteiger partial charge in [-0.2, -0.15) is 0 Å². The number of likely N-dealkylation sites (tertiary alicyclic amines) is 1. The van der Waals surface area contributed by atoms with Crippen LogP contribution in [0.2, 0.25) is 0 Å². The topological polar surface area (TPSA) is 44.8 Å². The monoisotopic (exact) mass is 421 g/mol. The highest BCUT2D eigenvalue weighted by molar-refractivity contribution is 5.83. The van der Waals surface area contributed by atoms with Crippen molar-refractivity contribution in [2.75, 3.05) is 45.9 Å². The van der Waals surface area contributed by atoms with Crippen LogP contribution in [0.4, 0.5) is 8.78 Å². The Kier molecular flexibility index (Phi) is 6.70. The Morgan fingerprint density at radius 3 is 2.60 bits per heavy atom. The van der Waals surface area contributed by atoms with E-state index in [1.807, 2.05) is 0 Å². The second-order valence-corrected chi connectivity index (χ2v) is 9.05. The van der Waals surface area contributed by atoms with Crippen molar-refractivity contribution in [3.63, 3.8) is 0 Å². The van der Waals surface area contributed by atoms with Crippen LogP contribution in [0.25, 0.3) is 0 Å². The van der Waals surface area contributed by atoms with Gasteiger partial charge < -0.3 is 15.0 Å². The molecule has 3 fully saturated rings. The van der Waals surface area contributed by atoms with Crippen molar-refractivity contribution in [2.24, 2.45) is 11.3 Å². The van der Waals surface area contributed by atoms with E-state index in [1.54, 1.807) is 0 Å². The molecule has 1 amide bonds. The number of rotatable bonds is 5. The second kappa shape index (κ2) is 9.28. The Balaban J connectivity index is 1.47. The summed E-state index contributed by atoms with van der Waals surface area (Å²) in [6, 6.07) is 3.94. The van der Waals surface area contributed by atoms with Gasteiger partial charge in [-0.3, -0.25) is 9.69 Å². The van der Waals surface area contributed by atoms with Crippen LogP contribution < -0.4 is 5.32 Å². The van der Waals surface area contributed by atoms with E-state index in [0.717, 1.165) is 77.7 Å². The quantitative estimate of drug-likeness (QED) is 0.794. The van der Waals surface area contributed by atoms with Crippen molar-refractivity contribution in [1.82, 2.24) is 15.1 Å². The molecule has 3 aliphatic rings. The lowest BCUT2D eigenvalue weighted by atomic mass is 9.61. The summed E-state index contributed by atoms with van der Waals surface area (Å²) in [5, 5.41) is 3.02. The van der Waals surface area contributed by atoms with E-state index in [-0.39, 0.29) is 12.5 Å². The van der Waals surface area contributed by atoms with E-state index in [0.29, 0.717) is 17.5 Å². The number of amides is 1. The van der Waals surface area contributed by atoms with Gasteiger partial charge in [-0.05, 0) is 62.4 Å². The first kappa shape index (κ1) is 21.7. The van der Waals surface area contributed by atoms with Crippen LogP contribution in [0, 0.1) is 23.0 Å². The molecule has 7 heteroatoms. The predicted molar refractivity (Wildman–Crippen MR) is 111 cm³/mol. The fraction of sp³-hybridized carbons (Fsp3) is 0.696. The smallest absolute Gasteiger partial charge is 0.228 e. The van der Waals surface area contributed by atoms with E-state index in [4.69, 9.17) is 4.74 Å². The summed E-state index contributed by atoms with van der Waals surface area (Å²) < 4.78 is 32.5. The third kappa shape index (κ3) is 4.53. The van der Waals surface area contributed by atoms with Gasteiger partial charge in [-0.15, -0.1) is 0 Å². The number of carbonyl (C=O) groups is 1. The Bertz CT molecular complexity index is 736. The molecule has 2 aliphatic heterocycles. The van der Waals surface area contributed by atoms with E-state index in [2.05, 4.69) is 22.0 Å². The Labute approximate surface area is 177 Å². The molecule has 1 aromatic rings. The molecule has 0 spiro atoms. The molecular weight excluding hydrogens is 388 g/mol. The maximum absolute atomic E-state index is 13.5. The summed E-state index contributed by atoms with van der Waals surface area (Å²) in [6.45, 7) is 8.56. The number of piperidine rings is 1. The lowest BCUT2D eigenvalue weighted by molar-refractivity contribution is -0.145. The molecular formula is C23H33F2N3O2. The number of fused-ring (bicyclic) bond motifs is 1. The van der Waals surface area contributed by atoms with Crippen molar-refractivity contribution in [2.45, 2.75) is 45.2 Å². The van der Waals surface area contributed by atoms with Gasteiger partial charge >= 0.3 is 0 Å². The fourth-order valence-electron chi connectivity index (χ4n) is 5.71. The molecule has 1 aromatic carbocycles. The highest BCUT2D eigenvalue weighted by Gasteiger charge is 2.52. The molecule has 1 saturated carbocycles. The molecule has 1 aliphatic carbocycles. The van der Waals surface area contributed by atoms with Gasteiger partial charge in [0, 0.05) is 38.3 Å². The highest BCUT2D eigenvalue weighted by atomic mass is 19.1. The van der Waals surface area contributed by atoms with Gasteiger partial charge in [0.2, 0.25) is 5.91 Å². The van der Waals surface area contributed by atoms with Crippen LogP contribution >= 0.6 is 0 Å². The third-order valence-corrected chi connectivity index (χ3v) is 7.40. The first-order valence-corrected chi connectivity index (χ1v) is 11.3. The van der Waals surface area contributed by atoms with E-state index >= 15 is 0 Å². The number of nitrogens with zero attached hydrogens (tertiary/aromatic N) is 2. The molecule has 30 heavy (non-hydrogen) atoms. The summed E-state index contributed by atoms with van der Waals surface area (Å²) in [5.41, 5.74) is 0.0436. The molecule has 3 atom stereocenters. The fourth-order valence-corrected chi connectivity index (χ4v) is 5.71. The SMILES string of the molecule is CCN1CC[C@@H]2C[C@@H](N3CCOCC3)CC[C@@]2(C(=O)NCc2cc(F)cc(F)c2)C1. The van der Waals surface area contributed by atoms with Gasteiger partial charge in [0.05, 0.1) is 18.6 Å². The van der Waals surface area contributed by atoms with Gasteiger partial charge in [-0.1, -0.05) is 6.92 Å². The number of halogens is 2. The Hall–Kier alpha value is -1.57. The third-order valence-electron chi connectivity index (χ3n) is 7.40. The molecule has 2 heterocycles. The van der Waals surface area contributed by atoms with Gasteiger partial charge in [-0.25, -0.2) is 8.78 Å². The number of nitrogens with one attached hydrogen (secondary N) is 1. The minimum atomic E-state index is -0.615. The summed E-state index contributed by atoms with van der Waals surface area (Å²) in [6.07, 6.45) is 3.94. The molecule has 4 rings (SSSR count). The van der Waals surface area contributed by atoms with Crippen LogP contribution in [0.5, 0.6) is 0 Å². The Morgan fingerprint density at radius 1 is 1.17 bits per heavy atom. The first-order chi connectivity index (χ1) is 14.5. The zero-order valence-electron chi connectivity index (χ0n) is 17.8. The molecule has 0 aromatic heterocycles. The van der Waals surface area contributed by atoms with E-state index in [1.165, 1.54) is 12.1 Å². The molecule has 0 unspecified atom stereocenters. The van der Waals surface area contributed by atoms with Crippen molar-refractivity contribution in [3.8, 4) is 0 Å². The number of hydrogen-bond donors (Lipinski definition) is 1.